The minimum atomic E-state index is -3.98. The van der Waals surface area contributed by atoms with Crippen LogP contribution in [0.3, 0.4) is 0 Å². The number of carboxylic acid groups (broad SMARTS) is 1. The van der Waals surface area contributed by atoms with Crippen LogP contribution in [0.25, 0.3) is 0 Å². The van der Waals surface area contributed by atoms with Crippen LogP contribution in [0.1, 0.15) is 12.5 Å². The predicted molar refractivity (Wildman–Crippen MR) is 63.9 cm³/mol. The van der Waals surface area contributed by atoms with Gasteiger partial charge in [0.25, 0.3) is 0 Å². The van der Waals surface area contributed by atoms with Crippen LogP contribution in [0, 0.1) is 11.6 Å². The van der Waals surface area contributed by atoms with Crippen LogP contribution >= 0.6 is 0 Å². The molecule has 0 aliphatic carbocycles. The van der Waals surface area contributed by atoms with Gasteiger partial charge in [0.15, 0.2) is 17.4 Å². The maximum absolute atomic E-state index is 13.0. The summed E-state index contributed by atoms with van der Waals surface area (Å²) in [6.45, 7) is 1.36. The third-order valence-corrected chi connectivity index (χ3v) is 4.18. The minimum Gasteiger partial charge on any atom is -0.480 e. The molecule has 1 rings (SSSR count). The number of hydrogen-bond donors (Lipinski definition) is 1. The van der Waals surface area contributed by atoms with Crippen molar-refractivity contribution in [1.29, 1.82) is 0 Å². The normalized spacial score (nSPS) is 11.8. The van der Waals surface area contributed by atoms with Gasteiger partial charge < -0.3 is 5.11 Å². The van der Waals surface area contributed by atoms with E-state index >= 15 is 0 Å². The summed E-state index contributed by atoms with van der Waals surface area (Å²) in [6.07, 6.45) is 0. The smallest absolute Gasteiger partial charge is 0.320 e. The number of halogens is 2. The summed E-state index contributed by atoms with van der Waals surface area (Å²) in [4.78, 5) is 10.5. The first kappa shape index (κ1) is 15.5. The van der Waals surface area contributed by atoms with Crippen LogP contribution < -0.4 is 0 Å². The van der Waals surface area contributed by atoms with E-state index in [1.807, 2.05) is 0 Å². The van der Waals surface area contributed by atoms with E-state index in [1.54, 1.807) is 0 Å². The molecule has 1 aromatic carbocycles. The largest absolute Gasteiger partial charge is 0.480 e. The maximum atomic E-state index is 13.0. The Bertz CT molecular complexity index is 574. The lowest BCUT2D eigenvalue weighted by atomic mass is 10.2. The second-order valence-electron chi connectivity index (χ2n) is 3.82. The van der Waals surface area contributed by atoms with Crippen molar-refractivity contribution >= 4 is 16.0 Å². The molecule has 0 aliphatic rings. The Hall–Kier alpha value is -1.54. The fourth-order valence-electron chi connectivity index (χ4n) is 1.50. The van der Waals surface area contributed by atoms with E-state index in [0.717, 1.165) is 16.4 Å². The van der Waals surface area contributed by atoms with Crippen molar-refractivity contribution in [2.75, 3.05) is 12.3 Å². The van der Waals surface area contributed by atoms with Gasteiger partial charge in [0.05, 0.1) is 0 Å². The molecule has 0 amide bonds. The quantitative estimate of drug-likeness (QED) is 0.855. The first-order valence-electron chi connectivity index (χ1n) is 5.39. The van der Waals surface area contributed by atoms with E-state index < -0.39 is 33.4 Å². The Morgan fingerprint density at radius 1 is 1.32 bits per heavy atom. The number of hydrogen-bond acceptors (Lipinski definition) is 3. The van der Waals surface area contributed by atoms with Gasteiger partial charge in [0, 0.05) is 13.1 Å². The average molecular weight is 293 g/mol. The summed E-state index contributed by atoms with van der Waals surface area (Å²) in [6, 6.07) is 3.02. The molecule has 0 radical (unpaired) electrons. The number of aliphatic carboxylic acids is 1. The van der Waals surface area contributed by atoms with Gasteiger partial charge in [-0.3, -0.25) is 4.79 Å². The lowest BCUT2D eigenvalue weighted by Gasteiger charge is -2.19. The van der Waals surface area contributed by atoms with Crippen molar-refractivity contribution in [2.24, 2.45) is 0 Å². The molecule has 0 saturated heterocycles. The first-order valence-corrected chi connectivity index (χ1v) is 7.00. The van der Waals surface area contributed by atoms with Gasteiger partial charge in [0.2, 0.25) is 10.0 Å². The predicted octanol–water partition coefficient (Wildman–Crippen LogP) is 1.20. The number of benzene rings is 1. The summed E-state index contributed by atoms with van der Waals surface area (Å²) in [7, 11) is -3.98. The van der Waals surface area contributed by atoms with Crippen molar-refractivity contribution in [1.82, 2.24) is 4.31 Å². The van der Waals surface area contributed by atoms with Crippen molar-refractivity contribution in [3.8, 4) is 0 Å². The van der Waals surface area contributed by atoms with E-state index in [-0.39, 0.29) is 18.7 Å². The fraction of sp³-hybridized carbons (Fsp3) is 0.364. The second-order valence-corrected chi connectivity index (χ2v) is 5.79. The van der Waals surface area contributed by atoms with Crippen molar-refractivity contribution in [3.63, 3.8) is 0 Å². The van der Waals surface area contributed by atoms with Crippen LogP contribution in [-0.2, 0) is 21.4 Å². The molecule has 0 unspecified atom stereocenters. The summed E-state index contributed by atoms with van der Waals surface area (Å²) in [5.41, 5.74) is 0.245. The highest BCUT2D eigenvalue weighted by Crippen LogP contribution is 2.13. The summed E-state index contributed by atoms with van der Waals surface area (Å²) < 4.78 is 50.1. The highest BCUT2D eigenvalue weighted by molar-refractivity contribution is 7.89. The molecule has 1 N–H and O–H groups in total. The SMILES string of the molecule is CCN(Cc1ccc(F)c(F)c1)S(=O)(=O)CC(=O)O. The molecule has 1 aromatic rings. The third-order valence-electron chi connectivity index (χ3n) is 2.39. The molecule has 0 spiro atoms. The zero-order valence-corrected chi connectivity index (χ0v) is 11.0. The van der Waals surface area contributed by atoms with Crippen LogP contribution in [0.5, 0.6) is 0 Å². The highest BCUT2D eigenvalue weighted by Gasteiger charge is 2.24. The zero-order valence-electron chi connectivity index (χ0n) is 10.1. The van der Waals surface area contributed by atoms with Crippen LogP contribution in [0.15, 0.2) is 18.2 Å². The maximum Gasteiger partial charge on any atom is 0.320 e. The number of nitrogens with zero attached hydrogens (tertiary/aromatic N) is 1. The molecule has 0 bridgehead atoms. The lowest BCUT2D eigenvalue weighted by Crippen LogP contribution is -2.34. The molecule has 0 aliphatic heterocycles. The van der Waals surface area contributed by atoms with Gasteiger partial charge in [-0.25, -0.2) is 17.2 Å². The number of rotatable bonds is 6. The average Bonchev–Trinajstić information content (AvgIpc) is 2.28. The van der Waals surface area contributed by atoms with Crippen molar-refractivity contribution in [2.45, 2.75) is 13.5 Å². The summed E-state index contributed by atoms with van der Waals surface area (Å²) in [5.74, 6) is -4.61. The molecule has 0 atom stereocenters. The molecule has 0 heterocycles. The van der Waals surface area contributed by atoms with Crippen molar-refractivity contribution < 1.29 is 27.1 Å². The molecule has 106 valence electrons. The van der Waals surface area contributed by atoms with Gasteiger partial charge in [-0.05, 0) is 17.7 Å². The lowest BCUT2D eigenvalue weighted by molar-refractivity contribution is -0.134. The van der Waals surface area contributed by atoms with Gasteiger partial charge in [-0.1, -0.05) is 13.0 Å². The molecule has 8 heteroatoms. The topological polar surface area (TPSA) is 74.7 Å². The molecule has 0 saturated carbocycles. The molecule has 19 heavy (non-hydrogen) atoms. The summed E-state index contributed by atoms with van der Waals surface area (Å²) >= 11 is 0. The minimum absolute atomic E-state index is 0.0363. The van der Waals surface area contributed by atoms with E-state index in [2.05, 4.69) is 0 Å². The van der Waals surface area contributed by atoms with Gasteiger partial charge in [0.1, 0.15) is 0 Å². The third kappa shape index (κ3) is 4.25. The van der Waals surface area contributed by atoms with E-state index in [9.17, 15) is 22.0 Å². The molecule has 5 nitrogen and oxygen atoms in total. The van der Waals surface area contributed by atoms with Gasteiger partial charge in [-0.15, -0.1) is 0 Å². The Morgan fingerprint density at radius 3 is 2.42 bits per heavy atom. The van der Waals surface area contributed by atoms with E-state index in [4.69, 9.17) is 5.11 Å². The molecular weight excluding hydrogens is 280 g/mol. The fourth-order valence-corrected chi connectivity index (χ4v) is 2.73. The second kappa shape index (κ2) is 6.07. The Morgan fingerprint density at radius 2 is 1.95 bits per heavy atom. The Kier molecular flexibility index (Phi) is 4.96. The Balaban J connectivity index is 2.93. The van der Waals surface area contributed by atoms with Crippen molar-refractivity contribution in [3.05, 3.63) is 35.4 Å². The van der Waals surface area contributed by atoms with Gasteiger partial charge in [-0.2, -0.15) is 4.31 Å². The standard InChI is InChI=1S/C11H13F2NO4S/c1-2-14(19(17,18)7-11(15)16)6-8-3-4-9(12)10(13)5-8/h3-5H,2,6-7H2,1H3,(H,15,16). The molecular formula is C11H13F2NO4S. The number of carboxylic acids is 1. The van der Waals surface area contributed by atoms with E-state index in [0.29, 0.717) is 0 Å². The number of sulfonamides is 1. The van der Waals surface area contributed by atoms with Crippen LogP contribution in [-0.4, -0.2) is 36.1 Å². The first-order chi connectivity index (χ1) is 8.76. The van der Waals surface area contributed by atoms with Gasteiger partial charge >= 0.3 is 5.97 Å². The highest BCUT2D eigenvalue weighted by atomic mass is 32.2. The van der Waals surface area contributed by atoms with Crippen LogP contribution in [0.2, 0.25) is 0 Å². The monoisotopic (exact) mass is 293 g/mol. The van der Waals surface area contributed by atoms with Crippen LogP contribution in [0.4, 0.5) is 8.78 Å². The Labute approximate surface area is 109 Å². The van der Waals surface area contributed by atoms with E-state index in [1.165, 1.54) is 13.0 Å². The molecule has 0 aromatic heterocycles. The molecule has 0 fully saturated rings. The summed E-state index contributed by atoms with van der Waals surface area (Å²) in [5, 5.41) is 8.52. The zero-order chi connectivity index (χ0) is 14.6. The number of carbonyl (C=O) groups is 1.